The fraction of sp³-hybridized carbons (Fsp3) is 0.125. The van der Waals surface area contributed by atoms with E-state index in [0.717, 1.165) is 0 Å². The molecule has 1 unspecified atom stereocenters. The molecule has 1 nitrogen and oxygen atoms in total. The van der Waals surface area contributed by atoms with Crippen LogP contribution in [-0.2, 0) is 0 Å². The van der Waals surface area contributed by atoms with Crippen molar-refractivity contribution >= 4 is 11.6 Å². The monoisotopic (exact) mass is 169 g/mol. The largest absolute Gasteiger partial charge is 0.207 e. The highest BCUT2D eigenvalue weighted by Crippen LogP contribution is 2.21. The van der Waals surface area contributed by atoms with E-state index in [0.29, 0.717) is 0 Å². The molecule has 0 radical (unpaired) electrons. The Hall–Kier alpha value is -1.07. The van der Waals surface area contributed by atoms with Crippen LogP contribution in [0, 0.1) is 17.1 Å². The molecule has 0 aromatic heterocycles. The second-order valence-corrected chi connectivity index (χ2v) is 2.45. The molecule has 56 valence electrons. The molecule has 0 spiro atoms. The fourth-order valence-corrected chi connectivity index (χ4v) is 0.927. The van der Waals surface area contributed by atoms with Gasteiger partial charge in [-0.15, -0.1) is 11.6 Å². The van der Waals surface area contributed by atoms with E-state index in [1.54, 1.807) is 18.2 Å². The van der Waals surface area contributed by atoms with E-state index in [1.165, 1.54) is 12.1 Å². The van der Waals surface area contributed by atoms with Gasteiger partial charge >= 0.3 is 0 Å². The van der Waals surface area contributed by atoms with Gasteiger partial charge in [0.15, 0.2) is 0 Å². The van der Waals surface area contributed by atoms with Crippen molar-refractivity contribution in [3.8, 4) is 6.07 Å². The lowest BCUT2D eigenvalue weighted by atomic mass is 10.1. The van der Waals surface area contributed by atoms with Crippen LogP contribution >= 0.6 is 11.6 Å². The number of rotatable bonds is 1. The molecule has 0 saturated carbocycles. The smallest absolute Gasteiger partial charge is 0.148 e. The van der Waals surface area contributed by atoms with Crippen LogP contribution in [0.15, 0.2) is 24.3 Å². The lowest BCUT2D eigenvalue weighted by molar-refractivity contribution is 0.614. The molecular formula is C8H5ClFN. The summed E-state index contributed by atoms with van der Waals surface area (Å²) in [6.07, 6.45) is 0. The maximum absolute atomic E-state index is 12.8. The second kappa shape index (κ2) is 3.36. The lowest BCUT2D eigenvalue weighted by Crippen LogP contribution is -1.90. The van der Waals surface area contributed by atoms with Gasteiger partial charge in [0.25, 0.3) is 0 Å². The van der Waals surface area contributed by atoms with Gasteiger partial charge in [-0.1, -0.05) is 18.2 Å². The van der Waals surface area contributed by atoms with Crippen molar-refractivity contribution in [3.63, 3.8) is 0 Å². The summed E-state index contributed by atoms with van der Waals surface area (Å²) in [5.74, 6) is -0.436. The summed E-state index contributed by atoms with van der Waals surface area (Å²) in [5, 5.41) is 7.47. The molecule has 0 aliphatic carbocycles. The molecule has 0 aliphatic rings. The third-order valence-electron chi connectivity index (χ3n) is 1.29. The van der Waals surface area contributed by atoms with Crippen LogP contribution in [-0.4, -0.2) is 0 Å². The number of hydrogen-bond acceptors (Lipinski definition) is 1. The minimum Gasteiger partial charge on any atom is -0.207 e. The fourth-order valence-electron chi connectivity index (χ4n) is 0.750. The van der Waals surface area contributed by atoms with E-state index in [1.807, 2.05) is 0 Å². The standard InChI is InChI=1S/C8H5ClFN/c9-7(5-11)6-3-1-2-4-8(6)10/h1-4,7H. The van der Waals surface area contributed by atoms with Gasteiger partial charge in [0.2, 0.25) is 0 Å². The van der Waals surface area contributed by atoms with E-state index in [9.17, 15) is 4.39 Å². The Kier molecular flexibility index (Phi) is 2.45. The van der Waals surface area contributed by atoms with E-state index in [2.05, 4.69) is 0 Å². The number of nitrogens with zero attached hydrogens (tertiary/aromatic N) is 1. The summed E-state index contributed by atoms with van der Waals surface area (Å²) in [6, 6.07) is 7.72. The Labute approximate surface area is 69.0 Å². The molecule has 0 N–H and O–H groups in total. The summed E-state index contributed by atoms with van der Waals surface area (Å²) in [4.78, 5) is 0. The first kappa shape index (κ1) is 8.03. The van der Waals surface area contributed by atoms with Gasteiger partial charge in [-0.3, -0.25) is 0 Å². The number of hydrogen-bond donors (Lipinski definition) is 0. The first-order chi connectivity index (χ1) is 5.25. The topological polar surface area (TPSA) is 23.8 Å². The number of halogens is 2. The molecule has 0 amide bonds. The van der Waals surface area contributed by atoms with Gasteiger partial charge in [-0.05, 0) is 6.07 Å². The molecule has 11 heavy (non-hydrogen) atoms. The molecule has 0 heterocycles. The van der Waals surface area contributed by atoms with Gasteiger partial charge in [0.05, 0.1) is 6.07 Å². The maximum Gasteiger partial charge on any atom is 0.148 e. The molecule has 0 saturated heterocycles. The predicted octanol–water partition coefficient (Wildman–Crippen LogP) is 2.63. The van der Waals surface area contributed by atoms with Crippen LogP contribution in [0.4, 0.5) is 4.39 Å². The Bertz CT molecular complexity index is 292. The van der Waals surface area contributed by atoms with Gasteiger partial charge in [0, 0.05) is 5.56 Å². The highest BCUT2D eigenvalue weighted by atomic mass is 35.5. The van der Waals surface area contributed by atoms with Crippen LogP contribution in [0.2, 0.25) is 0 Å². The summed E-state index contributed by atoms with van der Waals surface area (Å²) in [7, 11) is 0. The second-order valence-electron chi connectivity index (χ2n) is 2.01. The molecule has 1 aromatic carbocycles. The van der Waals surface area contributed by atoms with Crippen LogP contribution in [0.3, 0.4) is 0 Å². The Morgan fingerprint density at radius 2 is 2.09 bits per heavy atom. The number of alkyl halides is 1. The van der Waals surface area contributed by atoms with Crippen LogP contribution in [0.5, 0.6) is 0 Å². The average molecular weight is 170 g/mol. The summed E-state index contributed by atoms with van der Waals surface area (Å²) >= 11 is 5.49. The molecule has 0 bridgehead atoms. The third kappa shape index (κ3) is 1.69. The maximum atomic E-state index is 12.8. The van der Waals surface area contributed by atoms with E-state index in [4.69, 9.17) is 16.9 Å². The van der Waals surface area contributed by atoms with Crippen LogP contribution in [0.25, 0.3) is 0 Å². The van der Waals surface area contributed by atoms with Gasteiger partial charge < -0.3 is 0 Å². The van der Waals surface area contributed by atoms with Gasteiger partial charge in [0.1, 0.15) is 11.2 Å². The summed E-state index contributed by atoms with van der Waals surface area (Å²) in [6.45, 7) is 0. The minimum atomic E-state index is -0.892. The van der Waals surface area contributed by atoms with E-state index >= 15 is 0 Å². The van der Waals surface area contributed by atoms with Crippen molar-refractivity contribution in [1.82, 2.24) is 0 Å². The van der Waals surface area contributed by atoms with Gasteiger partial charge in [-0.2, -0.15) is 5.26 Å². The quantitative estimate of drug-likeness (QED) is 0.593. The minimum absolute atomic E-state index is 0.233. The van der Waals surface area contributed by atoms with Crippen molar-refractivity contribution in [1.29, 1.82) is 5.26 Å². The zero-order valence-electron chi connectivity index (χ0n) is 5.59. The van der Waals surface area contributed by atoms with Gasteiger partial charge in [-0.25, -0.2) is 4.39 Å². The molecule has 1 aromatic rings. The van der Waals surface area contributed by atoms with Crippen molar-refractivity contribution < 1.29 is 4.39 Å². The van der Waals surface area contributed by atoms with Crippen molar-refractivity contribution in [2.75, 3.05) is 0 Å². The number of nitriles is 1. The Morgan fingerprint density at radius 3 is 2.64 bits per heavy atom. The average Bonchev–Trinajstić information content (AvgIpc) is 2.04. The first-order valence-corrected chi connectivity index (χ1v) is 3.47. The van der Waals surface area contributed by atoms with E-state index in [-0.39, 0.29) is 5.56 Å². The normalized spacial score (nSPS) is 12.1. The molecular weight excluding hydrogens is 165 g/mol. The zero-order valence-corrected chi connectivity index (χ0v) is 6.35. The number of benzene rings is 1. The van der Waals surface area contributed by atoms with Crippen LogP contribution in [0.1, 0.15) is 10.9 Å². The summed E-state index contributed by atoms with van der Waals surface area (Å²) in [5.41, 5.74) is 0.233. The van der Waals surface area contributed by atoms with Crippen LogP contribution < -0.4 is 0 Å². The summed E-state index contributed by atoms with van der Waals surface area (Å²) < 4.78 is 12.8. The molecule has 0 aliphatic heterocycles. The van der Waals surface area contributed by atoms with E-state index < -0.39 is 11.2 Å². The highest BCUT2D eigenvalue weighted by molar-refractivity contribution is 6.22. The SMILES string of the molecule is N#CC(Cl)c1ccccc1F. The van der Waals surface area contributed by atoms with Crippen molar-refractivity contribution in [2.24, 2.45) is 0 Å². The molecule has 1 rings (SSSR count). The molecule has 3 heteroatoms. The molecule has 0 fully saturated rings. The molecule has 1 atom stereocenters. The Balaban J connectivity index is 3.05. The van der Waals surface area contributed by atoms with Crippen molar-refractivity contribution in [3.05, 3.63) is 35.6 Å². The Morgan fingerprint density at radius 1 is 1.45 bits per heavy atom. The third-order valence-corrected chi connectivity index (χ3v) is 1.62. The first-order valence-electron chi connectivity index (χ1n) is 3.04. The lowest BCUT2D eigenvalue weighted by Gasteiger charge is -2.00. The zero-order chi connectivity index (χ0) is 8.27. The predicted molar refractivity (Wildman–Crippen MR) is 40.6 cm³/mol. The highest BCUT2D eigenvalue weighted by Gasteiger charge is 2.09. The van der Waals surface area contributed by atoms with Crippen molar-refractivity contribution in [2.45, 2.75) is 5.38 Å².